The van der Waals surface area contributed by atoms with Crippen LogP contribution in [0.3, 0.4) is 0 Å². The van der Waals surface area contributed by atoms with E-state index < -0.39 is 4.92 Å². The van der Waals surface area contributed by atoms with Crippen molar-refractivity contribution in [2.24, 2.45) is 0 Å². The van der Waals surface area contributed by atoms with E-state index in [-0.39, 0.29) is 11.2 Å². The number of rotatable bonds is 5. The van der Waals surface area contributed by atoms with Gasteiger partial charge in [0, 0.05) is 22.2 Å². The molecule has 0 aliphatic heterocycles. The molecule has 3 rings (SSSR count). The van der Waals surface area contributed by atoms with Gasteiger partial charge in [-0.15, -0.1) is 11.3 Å². The van der Waals surface area contributed by atoms with Crippen LogP contribution in [0.15, 0.2) is 29.1 Å². The Balaban J connectivity index is 1.87. The summed E-state index contributed by atoms with van der Waals surface area (Å²) in [7, 11) is 0. The first-order chi connectivity index (χ1) is 9.99. The third kappa shape index (κ3) is 2.52. The van der Waals surface area contributed by atoms with Crippen molar-refractivity contribution in [1.82, 2.24) is 9.38 Å². The molecule has 1 N–H and O–H groups in total. The summed E-state index contributed by atoms with van der Waals surface area (Å²) in [5.74, 6) is 0.324. The first-order valence-electron chi connectivity index (χ1n) is 6.37. The van der Waals surface area contributed by atoms with E-state index in [2.05, 4.69) is 30.2 Å². The second-order valence-corrected chi connectivity index (χ2v) is 7.13. The molecule has 0 amide bonds. The molecule has 0 aromatic carbocycles. The van der Waals surface area contributed by atoms with E-state index >= 15 is 0 Å². The molecule has 0 unspecified atom stereocenters. The fourth-order valence-corrected chi connectivity index (χ4v) is 3.68. The van der Waals surface area contributed by atoms with Crippen LogP contribution in [-0.2, 0) is 5.41 Å². The highest BCUT2D eigenvalue weighted by Gasteiger charge is 2.27. The van der Waals surface area contributed by atoms with Crippen LogP contribution in [0.25, 0.3) is 4.96 Å². The van der Waals surface area contributed by atoms with Crippen LogP contribution in [0.2, 0.25) is 0 Å². The van der Waals surface area contributed by atoms with Crippen LogP contribution < -0.4 is 5.32 Å². The maximum Gasteiger partial charge on any atom is 0.372 e. The van der Waals surface area contributed by atoms with Gasteiger partial charge in [-0.2, -0.15) is 9.38 Å². The highest BCUT2D eigenvalue weighted by molar-refractivity contribution is 7.15. The van der Waals surface area contributed by atoms with Crippen molar-refractivity contribution in [1.29, 1.82) is 0 Å². The topological polar surface area (TPSA) is 72.5 Å². The van der Waals surface area contributed by atoms with Gasteiger partial charge in [-0.05, 0) is 16.4 Å². The van der Waals surface area contributed by atoms with Crippen molar-refractivity contribution in [3.8, 4) is 0 Å². The summed E-state index contributed by atoms with van der Waals surface area (Å²) in [6.45, 7) is 4.80. The zero-order valence-electron chi connectivity index (χ0n) is 11.6. The van der Waals surface area contributed by atoms with Crippen LogP contribution in [0.1, 0.15) is 18.7 Å². The zero-order valence-corrected chi connectivity index (χ0v) is 13.2. The summed E-state index contributed by atoms with van der Waals surface area (Å²) in [4.78, 5) is 17.0. The van der Waals surface area contributed by atoms with Crippen LogP contribution in [0.4, 0.5) is 11.6 Å². The molecule has 0 aliphatic rings. The number of imidazole rings is 1. The number of hydrogen-bond acceptors (Lipinski definition) is 6. The lowest BCUT2D eigenvalue weighted by Crippen LogP contribution is -2.26. The van der Waals surface area contributed by atoms with Crippen molar-refractivity contribution in [2.45, 2.75) is 19.3 Å². The van der Waals surface area contributed by atoms with E-state index in [0.29, 0.717) is 17.3 Å². The molecule has 6 nitrogen and oxygen atoms in total. The normalized spacial score (nSPS) is 11.9. The number of aromatic nitrogens is 2. The lowest BCUT2D eigenvalue weighted by molar-refractivity contribution is -0.389. The maximum atomic E-state index is 11.3. The monoisotopic (exact) mass is 322 g/mol. The van der Waals surface area contributed by atoms with Crippen LogP contribution in [0.5, 0.6) is 0 Å². The minimum Gasteiger partial charge on any atom is -0.362 e. The molecule has 0 radical (unpaired) electrons. The summed E-state index contributed by atoms with van der Waals surface area (Å²) in [5, 5.41) is 18.2. The van der Waals surface area contributed by atoms with Crippen LogP contribution in [0, 0.1) is 10.1 Å². The van der Waals surface area contributed by atoms with Crippen molar-refractivity contribution in [3.05, 3.63) is 44.1 Å². The van der Waals surface area contributed by atoms with Gasteiger partial charge in [0.05, 0.1) is 0 Å². The molecular formula is C13H14N4O2S2. The van der Waals surface area contributed by atoms with E-state index in [1.807, 2.05) is 11.4 Å². The summed E-state index contributed by atoms with van der Waals surface area (Å²) in [6, 6.07) is 4.09. The Bertz CT molecular complexity index is 773. The molecule has 0 atom stereocenters. The Morgan fingerprint density at radius 2 is 2.24 bits per heavy atom. The number of thiophene rings is 1. The van der Waals surface area contributed by atoms with E-state index in [0.717, 1.165) is 0 Å². The molecule has 110 valence electrons. The minimum atomic E-state index is -0.396. The largest absolute Gasteiger partial charge is 0.372 e. The first kappa shape index (κ1) is 14.0. The van der Waals surface area contributed by atoms with Crippen molar-refractivity contribution in [3.63, 3.8) is 0 Å². The van der Waals surface area contributed by atoms with Gasteiger partial charge in [-0.25, -0.2) is 0 Å². The highest BCUT2D eigenvalue weighted by atomic mass is 32.1. The Morgan fingerprint density at radius 1 is 1.43 bits per heavy atom. The van der Waals surface area contributed by atoms with Gasteiger partial charge in [0.1, 0.15) is 6.20 Å². The van der Waals surface area contributed by atoms with E-state index in [1.54, 1.807) is 22.9 Å². The summed E-state index contributed by atoms with van der Waals surface area (Å²) >= 11 is 3.07. The van der Waals surface area contributed by atoms with Gasteiger partial charge in [0.2, 0.25) is 5.82 Å². The number of anilines is 1. The smallest absolute Gasteiger partial charge is 0.362 e. The number of fused-ring (bicyclic) bond motifs is 1. The van der Waals surface area contributed by atoms with Crippen molar-refractivity contribution >= 4 is 39.3 Å². The SMILES string of the molecule is CC(C)(CNc1nc2sccn2c1[N+](=O)[O-])c1cccs1. The second-order valence-electron chi connectivity index (χ2n) is 5.31. The second kappa shape index (κ2) is 5.12. The van der Waals surface area contributed by atoms with Gasteiger partial charge in [0.25, 0.3) is 4.96 Å². The molecule has 8 heteroatoms. The highest BCUT2D eigenvalue weighted by Crippen LogP contribution is 2.31. The average Bonchev–Trinajstić information content (AvgIpc) is 3.12. The molecule has 3 aromatic heterocycles. The Labute approximate surface area is 129 Å². The van der Waals surface area contributed by atoms with Gasteiger partial charge in [-0.3, -0.25) is 0 Å². The average molecular weight is 322 g/mol. The molecule has 0 aliphatic carbocycles. The number of nitro groups is 1. The molecule has 0 saturated carbocycles. The standard InChI is InChI=1S/C13H14N4O2S2/c1-13(2,9-4-3-6-20-9)8-14-10-11(17(18)19)16-5-7-21-12(16)15-10/h3-7,14H,8H2,1-2H3. The van der Waals surface area contributed by atoms with E-state index in [1.165, 1.54) is 20.6 Å². The Kier molecular flexibility index (Phi) is 3.42. The molecule has 0 bridgehead atoms. The predicted molar refractivity (Wildman–Crippen MR) is 85.6 cm³/mol. The molecule has 3 heterocycles. The zero-order chi connectivity index (χ0) is 15.0. The third-order valence-electron chi connectivity index (χ3n) is 3.30. The maximum absolute atomic E-state index is 11.3. The summed E-state index contributed by atoms with van der Waals surface area (Å²) in [6.07, 6.45) is 1.67. The number of nitrogens with zero attached hydrogens (tertiary/aromatic N) is 3. The van der Waals surface area contributed by atoms with Crippen LogP contribution >= 0.6 is 22.7 Å². The predicted octanol–water partition coefficient (Wildman–Crippen LogP) is 3.76. The van der Waals surface area contributed by atoms with Gasteiger partial charge in [0.15, 0.2) is 0 Å². The molecule has 0 fully saturated rings. The quantitative estimate of drug-likeness (QED) is 0.573. The van der Waals surface area contributed by atoms with Crippen molar-refractivity contribution < 1.29 is 4.92 Å². The number of thiazole rings is 1. The molecule has 3 aromatic rings. The summed E-state index contributed by atoms with van der Waals surface area (Å²) in [5.41, 5.74) is -0.112. The lowest BCUT2D eigenvalue weighted by atomic mass is 9.91. The fourth-order valence-electron chi connectivity index (χ4n) is 2.12. The van der Waals surface area contributed by atoms with Crippen molar-refractivity contribution in [2.75, 3.05) is 11.9 Å². The third-order valence-corrected chi connectivity index (χ3v) is 5.29. The fraction of sp³-hybridized carbons (Fsp3) is 0.308. The summed E-state index contributed by atoms with van der Waals surface area (Å²) < 4.78 is 1.51. The van der Waals surface area contributed by atoms with Gasteiger partial charge >= 0.3 is 5.82 Å². The number of hydrogen-bond donors (Lipinski definition) is 1. The molecule has 0 saturated heterocycles. The number of nitrogens with one attached hydrogen (secondary N) is 1. The Morgan fingerprint density at radius 3 is 2.90 bits per heavy atom. The van der Waals surface area contributed by atoms with Crippen LogP contribution in [-0.4, -0.2) is 20.9 Å². The lowest BCUT2D eigenvalue weighted by Gasteiger charge is -2.23. The molecule has 21 heavy (non-hydrogen) atoms. The first-order valence-corrected chi connectivity index (χ1v) is 8.13. The van der Waals surface area contributed by atoms with Gasteiger partial charge in [-0.1, -0.05) is 31.3 Å². The minimum absolute atomic E-state index is 0.00627. The van der Waals surface area contributed by atoms with E-state index in [9.17, 15) is 10.1 Å². The van der Waals surface area contributed by atoms with E-state index in [4.69, 9.17) is 0 Å². The Hall–Kier alpha value is -1.93. The molecule has 0 spiro atoms. The van der Waals surface area contributed by atoms with Gasteiger partial charge < -0.3 is 15.4 Å². The molecular weight excluding hydrogens is 308 g/mol.